The quantitative estimate of drug-likeness (QED) is 0.402. The maximum Gasteiger partial charge on any atom is 0.189 e. The predicted molar refractivity (Wildman–Crippen MR) is 83.7 cm³/mol. The molecule has 0 saturated carbocycles. The van der Waals surface area contributed by atoms with Crippen LogP contribution in [0.4, 0.5) is 0 Å². The van der Waals surface area contributed by atoms with Gasteiger partial charge >= 0.3 is 0 Å². The molecule has 0 saturated heterocycles. The summed E-state index contributed by atoms with van der Waals surface area (Å²) in [7, 11) is 0. The summed E-state index contributed by atoms with van der Waals surface area (Å²) in [6.45, 7) is 0. The Bertz CT molecular complexity index is 764. The molecule has 0 spiro atoms. The molecule has 0 amide bonds. The Balaban J connectivity index is 2.22. The molecule has 2 heteroatoms. The monoisotopic (exact) mass is 272 g/mol. The van der Waals surface area contributed by atoms with Crippen molar-refractivity contribution in [3.8, 4) is 24.7 Å². The molecule has 0 aliphatic heterocycles. The number of terminal acetylenes is 2. The lowest BCUT2D eigenvalue weighted by Crippen LogP contribution is -1.96. The molecule has 2 aromatic rings. The fourth-order valence-corrected chi connectivity index (χ4v) is 1.76. The minimum atomic E-state index is -0.294. The fraction of sp³-hybridized carbons (Fsp3) is 0. The molecule has 0 fully saturated rings. The summed E-state index contributed by atoms with van der Waals surface area (Å²) < 4.78 is 0. The molecule has 0 unspecified atom stereocenters. The average molecular weight is 272 g/mol. The van der Waals surface area contributed by atoms with Crippen LogP contribution in [0, 0.1) is 24.7 Å². The average Bonchev–Trinajstić information content (AvgIpc) is 2.55. The lowest BCUT2D eigenvalue weighted by atomic mass is 10.1. The number of benzene rings is 2. The minimum absolute atomic E-state index is 0.107. The van der Waals surface area contributed by atoms with Crippen molar-refractivity contribution in [1.82, 2.24) is 0 Å². The van der Waals surface area contributed by atoms with Crippen LogP contribution in [0.5, 0.6) is 0 Å². The summed E-state index contributed by atoms with van der Waals surface area (Å²) in [5, 5.41) is 9.97. The highest BCUT2D eigenvalue weighted by molar-refractivity contribution is 6.07. The predicted octanol–water partition coefficient (Wildman–Crippen LogP) is 3.43. The Labute approximate surface area is 123 Å². The molecule has 2 rings (SSSR count). The largest absolute Gasteiger partial charge is 0.507 e. The molecule has 0 bridgehead atoms. The Morgan fingerprint density at radius 2 is 1.29 bits per heavy atom. The summed E-state index contributed by atoms with van der Waals surface area (Å²) in [5.74, 6) is 4.56. The first-order valence-electron chi connectivity index (χ1n) is 6.23. The van der Waals surface area contributed by atoms with Gasteiger partial charge in [0.1, 0.15) is 5.76 Å². The standard InChI is InChI=1S/C19H12O2/c1-3-14-5-9-16(10-6-14)18(20)13-19(21)17-11-7-15(4-2)8-12-17/h1-2,5-13,20H/b18-13-. The van der Waals surface area contributed by atoms with E-state index in [1.54, 1.807) is 48.5 Å². The summed E-state index contributed by atoms with van der Waals surface area (Å²) in [6, 6.07) is 13.3. The fourth-order valence-electron chi connectivity index (χ4n) is 1.76. The van der Waals surface area contributed by atoms with Gasteiger partial charge in [0.05, 0.1) is 0 Å². The maximum atomic E-state index is 12.0. The van der Waals surface area contributed by atoms with Crippen LogP contribution in [0.25, 0.3) is 5.76 Å². The highest BCUT2D eigenvalue weighted by Gasteiger charge is 2.06. The number of rotatable bonds is 3. The zero-order valence-electron chi connectivity index (χ0n) is 11.2. The van der Waals surface area contributed by atoms with Gasteiger partial charge in [0, 0.05) is 28.3 Å². The van der Waals surface area contributed by atoms with Gasteiger partial charge in [-0.1, -0.05) is 24.0 Å². The number of carbonyl (C=O) groups is 1. The van der Waals surface area contributed by atoms with E-state index in [-0.39, 0.29) is 11.5 Å². The van der Waals surface area contributed by atoms with Crippen LogP contribution < -0.4 is 0 Å². The molecular weight excluding hydrogens is 260 g/mol. The highest BCUT2D eigenvalue weighted by Crippen LogP contribution is 2.14. The number of hydrogen-bond donors (Lipinski definition) is 1. The smallest absolute Gasteiger partial charge is 0.189 e. The van der Waals surface area contributed by atoms with Crippen molar-refractivity contribution < 1.29 is 9.90 Å². The number of ketones is 1. The van der Waals surface area contributed by atoms with E-state index in [4.69, 9.17) is 12.8 Å². The van der Waals surface area contributed by atoms with Crippen molar-refractivity contribution in [2.75, 3.05) is 0 Å². The first-order valence-corrected chi connectivity index (χ1v) is 6.23. The van der Waals surface area contributed by atoms with Gasteiger partial charge in [-0.05, 0) is 36.4 Å². The highest BCUT2D eigenvalue weighted by atomic mass is 16.3. The van der Waals surface area contributed by atoms with Crippen molar-refractivity contribution in [2.24, 2.45) is 0 Å². The lowest BCUT2D eigenvalue weighted by molar-refractivity contribution is 0.104. The summed E-state index contributed by atoms with van der Waals surface area (Å²) >= 11 is 0. The van der Waals surface area contributed by atoms with E-state index in [9.17, 15) is 9.90 Å². The van der Waals surface area contributed by atoms with Crippen molar-refractivity contribution in [2.45, 2.75) is 0 Å². The van der Waals surface area contributed by atoms with E-state index in [1.807, 2.05) is 0 Å². The first kappa shape index (κ1) is 14.2. The SMILES string of the molecule is C#Cc1ccc(C(=O)/C=C(\O)c2ccc(C#C)cc2)cc1. The van der Waals surface area contributed by atoms with Gasteiger partial charge in [-0.25, -0.2) is 0 Å². The van der Waals surface area contributed by atoms with Gasteiger partial charge < -0.3 is 5.11 Å². The molecule has 0 aromatic heterocycles. The number of carbonyl (C=O) groups excluding carboxylic acids is 1. The molecule has 0 heterocycles. The molecular formula is C19H12O2. The third-order valence-electron chi connectivity index (χ3n) is 2.95. The van der Waals surface area contributed by atoms with Gasteiger partial charge in [-0.15, -0.1) is 12.8 Å². The summed E-state index contributed by atoms with van der Waals surface area (Å²) in [4.78, 5) is 12.0. The zero-order valence-corrected chi connectivity index (χ0v) is 11.2. The van der Waals surface area contributed by atoms with Gasteiger partial charge in [0.15, 0.2) is 5.78 Å². The van der Waals surface area contributed by atoms with Crippen LogP contribution in [0.3, 0.4) is 0 Å². The normalized spacial score (nSPS) is 10.5. The molecule has 100 valence electrons. The minimum Gasteiger partial charge on any atom is -0.507 e. The van der Waals surface area contributed by atoms with Crippen LogP contribution in [0.2, 0.25) is 0 Å². The number of aliphatic hydroxyl groups is 1. The summed E-state index contributed by atoms with van der Waals surface area (Å²) in [5.41, 5.74) is 2.40. The summed E-state index contributed by atoms with van der Waals surface area (Å²) in [6.07, 6.45) is 11.7. The second-order valence-corrected chi connectivity index (χ2v) is 4.34. The third kappa shape index (κ3) is 3.41. The topological polar surface area (TPSA) is 37.3 Å². The Kier molecular flexibility index (Phi) is 4.24. The Hall–Kier alpha value is -3.23. The van der Waals surface area contributed by atoms with Gasteiger partial charge in [-0.3, -0.25) is 4.79 Å². The van der Waals surface area contributed by atoms with E-state index >= 15 is 0 Å². The zero-order chi connectivity index (χ0) is 15.2. The van der Waals surface area contributed by atoms with Crippen molar-refractivity contribution in [3.05, 3.63) is 76.9 Å². The Morgan fingerprint density at radius 1 is 0.857 bits per heavy atom. The van der Waals surface area contributed by atoms with E-state index in [0.717, 1.165) is 0 Å². The second kappa shape index (κ2) is 6.28. The molecule has 0 aliphatic carbocycles. The van der Waals surface area contributed by atoms with Crippen molar-refractivity contribution in [3.63, 3.8) is 0 Å². The van der Waals surface area contributed by atoms with Crippen molar-refractivity contribution >= 4 is 11.5 Å². The third-order valence-corrected chi connectivity index (χ3v) is 2.95. The molecule has 21 heavy (non-hydrogen) atoms. The number of aliphatic hydroxyl groups excluding tert-OH is 1. The number of hydrogen-bond acceptors (Lipinski definition) is 2. The van der Waals surface area contributed by atoms with Crippen LogP contribution in [-0.4, -0.2) is 10.9 Å². The molecule has 2 nitrogen and oxygen atoms in total. The molecule has 0 radical (unpaired) electrons. The van der Waals surface area contributed by atoms with Gasteiger partial charge in [0.2, 0.25) is 0 Å². The molecule has 2 aromatic carbocycles. The van der Waals surface area contributed by atoms with E-state index in [0.29, 0.717) is 22.3 Å². The van der Waals surface area contributed by atoms with E-state index in [2.05, 4.69) is 11.8 Å². The van der Waals surface area contributed by atoms with Gasteiger partial charge in [-0.2, -0.15) is 0 Å². The van der Waals surface area contributed by atoms with E-state index < -0.39 is 0 Å². The van der Waals surface area contributed by atoms with Crippen LogP contribution >= 0.6 is 0 Å². The molecule has 1 N–H and O–H groups in total. The molecule has 0 aliphatic rings. The Morgan fingerprint density at radius 3 is 1.71 bits per heavy atom. The maximum absolute atomic E-state index is 12.0. The molecule has 0 atom stereocenters. The van der Waals surface area contributed by atoms with Gasteiger partial charge in [0.25, 0.3) is 0 Å². The lowest BCUT2D eigenvalue weighted by Gasteiger charge is -2.01. The van der Waals surface area contributed by atoms with E-state index in [1.165, 1.54) is 6.08 Å². The second-order valence-electron chi connectivity index (χ2n) is 4.34. The van der Waals surface area contributed by atoms with Crippen molar-refractivity contribution in [1.29, 1.82) is 0 Å². The van der Waals surface area contributed by atoms with Crippen LogP contribution in [0.15, 0.2) is 54.6 Å². The van der Waals surface area contributed by atoms with Crippen LogP contribution in [-0.2, 0) is 0 Å². The first-order chi connectivity index (χ1) is 10.1. The van der Waals surface area contributed by atoms with Crippen LogP contribution in [0.1, 0.15) is 27.0 Å². The number of allylic oxidation sites excluding steroid dienone is 1.